The maximum absolute atomic E-state index is 13.7. The molecular formula is C33H25ClN4O5. The van der Waals surface area contributed by atoms with Crippen LogP contribution in [0.2, 0.25) is 5.02 Å². The summed E-state index contributed by atoms with van der Waals surface area (Å²) in [6.07, 6.45) is 1.54. The SMILES string of the molecule is CN(C)c1ccc(C=Nn2c(-c3cc4cc(Cl)ccc4o3)nc3ccccc3c2=O)c(OCc2ccc(C(=O)O)cc2)c1. The van der Waals surface area contributed by atoms with Crippen molar-refractivity contribution in [2.45, 2.75) is 6.61 Å². The van der Waals surface area contributed by atoms with Crippen molar-refractivity contribution in [2.24, 2.45) is 5.10 Å². The second kappa shape index (κ2) is 11.5. The van der Waals surface area contributed by atoms with Crippen LogP contribution < -0.4 is 15.2 Å². The minimum absolute atomic E-state index is 0.196. The molecule has 2 aromatic heterocycles. The molecule has 0 unspecified atom stereocenters. The molecule has 0 aliphatic heterocycles. The Kier molecular flexibility index (Phi) is 7.40. The highest BCUT2D eigenvalue weighted by atomic mass is 35.5. The number of furan rings is 1. The Morgan fingerprint density at radius 1 is 1.05 bits per heavy atom. The number of fused-ring (bicyclic) bond motifs is 2. The molecule has 214 valence electrons. The zero-order valence-corrected chi connectivity index (χ0v) is 23.9. The number of benzene rings is 4. The molecule has 4 aromatic carbocycles. The number of nitrogens with zero attached hydrogens (tertiary/aromatic N) is 4. The molecule has 2 heterocycles. The van der Waals surface area contributed by atoms with Gasteiger partial charge in [-0.25, -0.2) is 9.78 Å². The van der Waals surface area contributed by atoms with Gasteiger partial charge in [0.05, 0.1) is 22.7 Å². The third-order valence-corrected chi connectivity index (χ3v) is 7.11. The molecule has 1 N–H and O–H groups in total. The quantitative estimate of drug-likeness (QED) is 0.196. The smallest absolute Gasteiger partial charge is 0.335 e. The summed E-state index contributed by atoms with van der Waals surface area (Å²) in [7, 11) is 3.84. The lowest BCUT2D eigenvalue weighted by Gasteiger charge is -2.16. The summed E-state index contributed by atoms with van der Waals surface area (Å²) in [5.74, 6) is 0.132. The van der Waals surface area contributed by atoms with Gasteiger partial charge < -0.3 is 19.2 Å². The Labute approximate surface area is 250 Å². The predicted octanol–water partition coefficient (Wildman–Crippen LogP) is 6.69. The number of rotatable bonds is 8. The molecule has 0 saturated heterocycles. The van der Waals surface area contributed by atoms with Gasteiger partial charge in [-0.05, 0) is 66.2 Å². The first-order valence-electron chi connectivity index (χ1n) is 13.3. The van der Waals surface area contributed by atoms with Gasteiger partial charge >= 0.3 is 5.97 Å². The fourth-order valence-corrected chi connectivity index (χ4v) is 4.75. The molecule has 43 heavy (non-hydrogen) atoms. The average Bonchev–Trinajstić information content (AvgIpc) is 3.43. The third-order valence-electron chi connectivity index (χ3n) is 6.87. The molecule has 6 aromatic rings. The molecule has 10 heteroatoms. The number of para-hydroxylation sites is 1. The largest absolute Gasteiger partial charge is 0.488 e. The first kappa shape index (κ1) is 27.7. The van der Waals surface area contributed by atoms with Crippen LogP contribution >= 0.6 is 11.6 Å². The third kappa shape index (κ3) is 5.71. The van der Waals surface area contributed by atoms with Gasteiger partial charge in [-0.15, -0.1) is 0 Å². The van der Waals surface area contributed by atoms with E-state index in [1.165, 1.54) is 16.8 Å². The van der Waals surface area contributed by atoms with Crippen LogP contribution in [0.5, 0.6) is 5.75 Å². The fraction of sp³-hybridized carbons (Fsp3) is 0.0909. The highest BCUT2D eigenvalue weighted by Gasteiger charge is 2.17. The van der Waals surface area contributed by atoms with Gasteiger partial charge in [0.25, 0.3) is 5.56 Å². The van der Waals surface area contributed by atoms with Crippen molar-refractivity contribution in [3.63, 3.8) is 0 Å². The Bertz CT molecular complexity index is 2080. The number of hydrogen-bond donors (Lipinski definition) is 1. The molecule has 0 radical (unpaired) electrons. The van der Waals surface area contributed by atoms with Gasteiger partial charge in [0.1, 0.15) is 17.9 Å². The first-order valence-corrected chi connectivity index (χ1v) is 13.7. The Morgan fingerprint density at radius 2 is 1.84 bits per heavy atom. The summed E-state index contributed by atoms with van der Waals surface area (Å²) in [6, 6.07) is 26.2. The number of carboxylic acids is 1. The summed E-state index contributed by atoms with van der Waals surface area (Å²) in [5.41, 5.74) is 3.27. The molecule has 0 saturated carbocycles. The van der Waals surface area contributed by atoms with Crippen molar-refractivity contribution in [1.29, 1.82) is 0 Å². The summed E-state index contributed by atoms with van der Waals surface area (Å²) in [5, 5.41) is 15.5. The topological polar surface area (TPSA) is 110 Å². The van der Waals surface area contributed by atoms with Crippen molar-refractivity contribution in [3.8, 4) is 17.3 Å². The first-order chi connectivity index (χ1) is 20.8. The van der Waals surface area contributed by atoms with Crippen LogP contribution in [0.1, 0.15) is 21.5 Å². The highest BCUT2D eigenvalue weighted by molar-refractivity contribution is 6.31. The normalized spacial score (nSPS) is 11.4. The maximum Gasteiger partial charge on any atom is 0.335 e. The van der Waals surface area contributed by atoms with Gasteiger partial charge in [-0.3, -0.25) is 4.79 Å². The molecule has 0 amide bonds. The highest BCUT2D eigenvalue weighted by Crippen LogP contribution is 2.30. The van der Waals surface area contributed by atoms with Crippen molar-refractivity contribution in [1.82, 2.24) is 9.66 Å². The van der Waals surface area contributed by atoms with Gasteiger partial charge in [0, 0.05) is 41.8 Å². The Hall–Kier alpha value is -5.41. The molecule has 0 aliphatic carbocycles. The monoisotopic (exact) mass is 592 g/mol. The van der Waals surface area contributed by atoms with Crippen molar-refractivity contribution < 1.29 is 19.1 Å². The predicted molar refractivity (Wildman–Crippen MR) is 168 cm³/mol. The number of aromatic nitrogens is 2. The second-order valence-corrected chi connectivity index (χ2v) is 10.5. The molecule has 0 fully saturated rings. The van der Waals surface area contributed by atoms with Crippen LogP contribution in [0.4, 0.5) is 5.69 Å². The lowest BCUT2D eigenvalue weighted by Crippen LogP contribution is -2.20. The molecule has 0 spiro atoms. The summed E-state index contributed by atoms with van der Waals surface area (Å²) in [4.78, 5) is 31.6. The lowest BCUT2D eigenvalue weighted by atomic mass is 10.1. The van der Waals surface area contributed by atoms with E-state index in [-0.39, 0.29) is 23.6 Å². The fourth-order valence-electron chi connectivity index (χ4n) is 4.57. The van der Waals surface area contributed by atoms with E-state index in [1.807, 2.05) is 43.3 Å². The summed E-state index contributed by atoms with van der Waals surface area (Å²) in [6.45, 7) is 0.196. The molecule has 6 rings (SSSR count). The minimum Gasteiger partial charge on any atom is -0.488 e. The van der Waals surface area contributed by atoms with Crippen LogP contribution in [-0.2, 0) is 6.61 Å². The maximum atomic E-state index is 13.7. The minimum atomic E-state index is -0.992. The Morgan fingerprint density at radius 3 is 2.60 bits per heavy atom. The van der Waals surface area contributed by atoms with Gasteiger partial charge in [0.15, 0.2) is 5.76 Å². The van der Waals surface area contributed by atoms with E-state index in [2.05, 4.69) is 5.10 Å². The molecule has 0 atom stereocenters. The average molecular weight is 593 g/mol. The number of halogens is 1. The van der Waals surface area contributed by atoms with Gasteiger partial charge in [-0.1, -0.05) is 35.9 Å². The Balaban J connectivity index is 1.42. The lowest BCUT2D eigenvalue weighted by molar-refractivity contribution is 0.0697. The zero-order valence-electron chi connectivity index (χ0n) is 23.2. The van der Waals surface area contributed by atoms with E-state index in [0.717, 1.165) is 16.6 Å². The summed E-state index contributed by atoms with van der Waals surface area (Å²) < 4.78 is 13.4. The number of carbonyl (C=O) groups is 1. The molecule has 0 aliphatic rings. The van der Waals surface area contributed by atoms with Crippen molar-refractivity contribution in [3.05, 3.63) is 123 Å². The van der Waals surface area contributed by atoms with E-state index < -0.39 is 5.97 Å². The van der Waals surface area contributed by atoms with Crippen molar-refractivity contribution >= 4 is 51.3 Å². The number of ether oxygens (including phenoxy) is 1. The second-order valence-electron chi connectivity index (χ2n) is 10.0. The van der Waals surface area contributed by atoms with Crippen LogP contribution in [0, 0.1) is 0 Å². The van der Waals surface area contributed by atoms with E-state index in [4.69, 9.17) is 25.7 Å². The van der Waals surface area contributed by atoms with Crippen molar-refractivity contribution in [2.75, 3.05) is 19.0 Å². The number of carboxylic acid groups (broad SMARTS) is 1. The van der Waals surface area contributed by atoms with Crippen LogP contribution in [0.15, 0.2) is 105 Å². The summed E-state index contributed by atoms with van der Waals surface area (Å²) >= 11 is 6.18. The van der Waals surface area contributed by atoms with E-state index in [9.17, 15) is 14.7 Å². The standard InChI is InChI=1S/C33H25ClN4O5/c1-37(2)25-13-11-22(29(17-25)42-19-20-7-9-21(10-8-20)33(40)41)18-35-38-31(36-27-6-4-3-5-26(27)32(38)39)30-16-23-15-24(34)12-14-28(23)43-30/h3-18H,19H2,1-2H3,(H,40,41). The van der Waals surface area contributed by atoms with Crippen LogP contribution in [-0.4, -0.2) is 41.0 Å². The van der Waals surface area contributed by atoms with Gasteiger partial charge in [-0.2, -0.15) is 9.78 Å². The van der Waals surface area contributed by atoms with E-state index in [0.29, 0.717) is 38.6 Å². The van der Waals surface area contributed by atoms with Crippen LogP contribution in [0.25, 0.3) is 33.5 Å². The number of aromatic carboxylic acids is 1. The van der Waals surface area contributed by atoms with Crippen LogP contribution in [0.3, 0.4) is 0 Å². The number of hydrogen-bond acceptors (Lipinski definition) is 7. The molecule has 0 bridgehead atoms. The van der Waals surface area contributed by atoms with E-state index in [1.54, 1.807) is 60.8 Å². The van der Waals surface area contributed by atoms with Gasteiger partial charge in [0.2, 0.25) is 5.82 Å². The molecular weight excluding hydrogens is 568 g/mol. The molecule has 9 nitrogen and oxygen atoms in total. The van der Waals surface area contributed by atoms with E-state index >= 15 is 0 Å². The number of anilines is 1. The zero-order chi connectivity index (χ0) is 30.1.